The predicted molar refractivity (Wildman–Crippen MR) is 157 cm³/mol. The van der Waals surface area contributed by atoms with Gasteiger partial charge in [-0.15, -0.1) is 0 Å². The van der Waals surface area contributed by atoms with Crippen molar-refractivity contribution in [1.82, 2.24) is 10.2 Å². The lowest BCUT2D eigenvalue weighted by Gasteiger charge is -2.25. The van der Waals surface area contributed by atoms with Crippen molar-refractivity contribution in [3.05, 3.63) is 90.0 Å². The second-order valence-electron chi connectivity index (χ2n) is 9.15. The number of nitrogens with zero attached hydrogens (tertiary/aromatic N) is 3. The first-order valence-electron chi connectivity index (χ1n) is 13.1. The summed E-state index contributed by atoms with van der Waals surface area (Å²) >= 11 is 1.17. The van der Waals surface area contributed by atoms with Crippen LogP contribution in [0.4, 0.5) is 11.4 Å². The maximum absolute atomic E-state index is 13.4. The standard InChI is InChI=1S/C30H29N5O4S/c1-2-39-22-14-12-21(13-15-22)32-27(37)19-40-30-34-24-11-7-6-10-23(24)28-33-25(29(38)35(28)30)16-17-26(36)31-18-20-8-4-3-5-9-20/h3-15,25H,2,16-19H2,1H3,(H,31,36)(H,32,37)/t25-/m1/s1. The van der Waals surface area contributed by atoms with E-state index in [1.165, 1.54) is 16.7 Å². The lowest BCUT2D eigenvalue weighted by atomic mass is 10.1. The van der Waals surface area contributed by atoms with Crippen LogP contribution in [0, 0.1) is 0 Å². The molecule has 0 aliphatic carbocycles. The quantitative estimate of drug-likeness (QED) is 0.382. The number of hydrogen-bond acceptors (Lipinski definition) is 7. The van der Waals surface area contributed by atoms with E-state index in [-0.39, 0.29) is 36.3 Å². The first kappa shape index (κ1) is 27.1. The molecular weight excluding hydrogens is 526 g/mol. The fourth-order valence-corrected chi connectivity index (χ4v) is 5.17. The van der Waals surface area contributed by atoms with Crippen LogP contribution in [0.1, 0.15) is 30.9 Å². The highest BCUT2D eigenvalue weighted by Crippen LogP contribution is 2.34. The van der Waals surface area contributed by atoms with Crippen molar-refractivity contribution in [3.63, 3.8) is 0 Å². The number of aliphatic imine (C=N–C) groups is 2. The van der Waals surface area contributed by atoms with E-state index < -0.39 is 6.04 Å². The van der Waals surface area contributed by atoms with Gasteiger partial charge in [0.1, 0.15) is 17.6 Å². The average molecular weight is 556 g/mol. The predicted octanol–water partition coefficient (Wildman–Crippen LogP) is 4.51. The summed E-state index contributed by atoms with van der Waals surface area (Å²) in [7, 11) is 0. The molecule has 0 bridgehead atoms. The fraction of sp³-hybridized carbons (Fsp3) is 0.233. The van der Waals surface area contributed by atoms with Gasteiger partial charge in [0, 0.05) is 24.2 Å². The van der Waals surface area contributed by atoms with Gasteiger partial charge in [-0.3, -0.25) is 19.4 Å². The molecule has 2 aliphatic rings. The first-order chi connectivity index (χ1) is 19.5. The molecule has 2 heterocycles. The molecule has 40 heavy (non-hydrogen) atoms. The Kier molecular flexibility index (Phi) is 8.56. The number of anilines is 1. The van der Waals surface area contributed by atoms with Crippen molar-refractivity contribution in [2.24, 2.45) is 9.98 Å². The van der Waals surface area contributed by atoms with E-state index >= 15 is 0 Å². The van der Waals surface area contributed by atoms with Crippen LogP contribution >= 0.6 is 11.8 Å². The molecule has 2 N–H and O–H groups in total. The third-order valence-electron chi connectivity index (χ3n) is 6.31. The topological polar surface area (TPSA) is 112 Å². The highest BCUT2D eigenvalue weighted by Gasteiger charge is 2.41. The summed E-state index contributed by atoms with van der Waals surface area (Å²) in [6.45, 7) is 2.90. The molecule has 0 saturated carbocycles. The van der Waals surface area contributed by atoms with Crippen LogP contribution in [0.25, 0.3) is 0 Å². The molecule has 0 fully saturated rings. The van der Waals surface area contributed by atoms with E-state index in [1.807, 2.05) is 61.5 Å². The SMILES string of the molecule is CCOc1ccc(NC(=O)CSC2=Nc3ccccc3C3=N[C@H](CCC(=O)NCc4ccccc4)C(=O)N23)cc1. The van der Waals surface area contributed by atoms with E-state index in [9.17, 15) is 14.4 Å². The molecule has 0 spiro atoms. The molecule has 2 aliphatic heterocycles. The summed E-state index contributed by atoms with van der Waals surface area (Å²) in [5.41, 5.74) is 3.08. The van der Waals surface area contributed by atoms with Crippen molar-refractivity contribution in [2.45, 2.75) is 32.4 Å². The van der Waals surface area contributed by atoms with E-state index in [0.717, 1.165) is 16.9 Å². The maximum atomic E-state index is 13.4. The summed E-state index contributed by atoms with van der Waals surface area (Å²) in [6, 6.07) is 23.5. The summed E-state index contributed by atoms with van der Waals surface area (Å²) in [6.07, 6.45) is 0.442. The van der Waals surface area contributed by atoms with Gasteiger partial charge in [0.05, 0.1) is 18.0 Å². The number of hydrogen-bond donors (Lipinski definition) is 2. The van der Waals surface area contributed by atoms with Gasteiger partial charge < -0.3 is 15.4 Å². The van der Waals surface area contributed by atoms with Crippen LogP contribution in [-0.2, 0) is 20.9 Å². The van der Waals surface area contributed by atoms with Crippen molar-refractivity contribution in [2.75, 3.05) is 17.7 Å². The first-order valence-corrected chi connectivity index (χ1v) is 14.1. The van der Waals surface area contributed by atoms with Crippen LogP contribution in [-0.4, -0.2) is 52.0 Å². The molecule has 1 atom stereocenters. The molecule has 3 aromatic rings. The van der Waals surface area contributed by atoms with Crippen LogP contribution in [0.2, 0.25) is 0 Å². The molecule has 0 saturated heterocycles. The number of rotatable bonds is 10. The van der Waals surface area contributed by atoms with Gasteiger partial charge in [-0.25, -0.2) is 9.89 Å². The molecular formula is C30H29N5O4S. The largest absolute Gasteiger partial charge is 0.494 e. The smallest absolute Gasteiger partial charge is 0.259 e. The monoisotopic (exact) mass is 555 g/mol. The number of para-hydroxylation sites is 1. The number of carbonyl (C=O) groups is 3. The Hall–Kier alpha value is -4.44. The molecule has 10 heteroatoms. The number of amides is 3. The van der Waals surface area contributed by atoms with Crippen LogP contribution < -0.4 is 15.4 Å². The number of nitrogens with one attached hydrogen (secondary N) is 2. The second-order valence-corrected chi connectivity index (χ2v) is 10.1. The van der Waals surface area contributed by atoms with Gasteiger partial charge in [0.2, 0.25) is 11.8 Å². The second kappa shape index (κ2) is 12.6. The zero-order valence-electron chi connectivity index (χ0n) is 22.0. The summed E-state index contributed by atoms with van der Waals surface area (Å²) in [5.74, 6) is 0.660. The normalized spacial score (nSPS) is 15.5. The number of carbonyl (C=O) groups excluding carboxylic acids is 3. The number of fused-ring (bicyclic) bond motifs is 3. The molecule has 0 unspecified atom stereocenters. The number of benzene rings is 3. The Morgan fingerprint density at radius 1 is 0.975 bits per heavy atom. The van der Waals surface area contributed by atoms with Gasteiger partial charge in [-0.2, -0.15) is 0 Å². The highest BCUT2D eigenvalue weighted by atomic mass is 32.2. The van der Waals surface area contributed by atoms with Crippen LogP contribution in [0.5, 0.6) is 5.75 Å². The van der Waals surface area contributed by atoms with E-state index in [4.69, 9.17) is 9.73 Å². The zero-order valence-corrected chi connectivity index (χ0v) is 22.8. The molecule has 3 aromatic carbocycles. The van der Waals surface area contributed by atoms with Crippen molar-refractivity contribution in [3.8, 4) is 5.75 Å². The van der Waals surface area contributed by atoms with Crippen LogP contribution in [0.15, 0.2) is 88.8 Å². The fourth-order valence-electron chi connectivity index (χ4n) is 4.37. The number of amidine groups is 2. The maximum Gasteiger partial charge on any atom is 0.259 e. The number of ether oxygens (including phenoxy) is 1. The molecule has 204 valence electrons. The minimum Gasteiger partial charge on any atom is -0.494 e. The molecule has 0 radical (unpaired) electrons. The summed E-state index contributed by atoms with van der Waals surface area (Å²) in [4.78, 5) is 49.5. The van der Waals surface area contributed by atoms with E-state index in [0.29, 0.717) is 35.5 Å². The Morgan fingerprint density at radius 3 is 2.50 bits per heavy atom. The lowest BCUT2D eigenvalue weighted by molar-refractivity contribution is -0.125. The Labute approximate surface area is 236 Å². The average Bonchev–Trinajstić information content (AvgIpc) is 3.32. The minimum absolute atomic E-state index is 0.0534. The minimum atomic E-state index is -0.702. The Bertz CT molecular complexity index is 1460. The van der Waals surface area contributed by atoms with Gasteiger partial charge in [0.15, 0.2) is 5.17 Å². The van der Waals surface area contributed by atoms with Crippen molar-refractivity contribution in [1.29, 1.82) is 0 Å². The van der Waals surface area contributed by atoms with Gasteiger partial charge >= 0.3 is 0 Å². The lowest BCUT2D eigenvalue weighted by Crippen LogP contribution is -2.41. The highest BCUT2D eigenvalue weighted by molar-refractivity contribution is 8.14. The summed E-state index contributed by atoms with van der Waals surface area (Å²) < 4.78 is 5.44. The third kappa shape index (κ3) is 6.40. The van der Waals surface area contributed by atoms with Gasteiger partial charge in [-0.1, -0.05) is 54.2 Å². The van der Waals surface area contributed by atoms with Crippen molar-refractivity contribution < 1.29 is 19.1 Å². The third-order valence-corrected chi connectivity index (χ3v) is 7.25. The summed E-state index contributed by atoms with van der Waals surface area (Å²) in [5, 5.41) is 6.14. The van der Waals surface area contributed by atoms with Crippen LogP contribution in [0.3, 0.4) is 0 Å². The number of thioether (sulfide) groups is 1. The van der Waals surface area contributed by atoms with E-state index in [2.05, 4.69) is 15.6 Å². The van der Waals surface area contributed by atoms with Crippen molar-refractivity contribution >= 4 is 51.9 Å². The van der Waals surface area contributed by atoms with Gasteiger partial charge in [-0.05, 0) is 55.3 Å². The zero-order chi connectivity index (χ0) is 27.9. The molecule has 5 rings (SSSR count). The molecule has 9 nitrogen and oxygen atoms in total. The molecule has 3 amide bonds. The Balaban J connectivity index is 1.22. The Morgan fingerprint density at radius 2 is 1.73 bits per heavy atom. The molecule has 0 aromatic heterocycles. The van der Waals surface area contributed by atoms with Gasteiger partial charge in [0.25, 0.3) is 5.91 Å². The van der Waals surface area contributed by atoms with E-state index in [1.54, 1.807) is 24.3 Å².